The molecule has 0 bridgehead atoms. The summed E-state index contributed by atoms with van der Waals surface area (Å²) in [5.41, 5.74) is -0.159. The highest BCUT2D eigenvalue weighted by atomic mass is 32.1. The number of hydrogen-bond donors (Lipinski definition) is 0. The first-order valence-corrected chi connectivity index (χ1v) is 7.21. The van der Waals surface area contributed by atoms with E-state index in [-0.39, 0.29) is 22.3 Å². The van der Waals surface area contributed by atoms with Gasteiger partial charge in [0.2, 0.25) is 0 Å². The summed E-state index contributed by atoms with van der Waals surface area (Å²) in [4.78, 5) is 16.3. The van der Waals surface area contributed by atoms with E-state index in [2.05, 4.69) is 4.98 Å². The van der Waals surface area contributed by atoms with Crippen molar-refractivity contribution in [3.63, 3.8) is 0 Å². The first-order chi connectivity index (χ1) is 9.71. The van der Waals surface area contributed by atoms with Gasteiger partial charge in [0.1, 0.15) is 5.01 Å². The van der Waals surface area contributed by atoms with Gasteiger partial charge < -0.3 is 0 Å². The molecule has 0 N–H and O–H groups in total. The van der Waals surface area contributed by atoms with Gasteiger partial charge in [-0.15, -0.1) is 11.3 Å². The molecule has 0 fully saturated rings. The molecular formula is C15H14F3NOS. The average Bonchev–Trinajstić information content (AvgIpc) is 2.83. The van der Waals surface area contributed by atoms with Crippen molar-refractivity contribution in [2.75, 3.05) is 0 Å². The molecule has 2 nitrogen and oxygen atoms in total. The summed E-state index contributed by atoms with van der Waals surface area (Å²) in [5.74, 6) is -0.195. The van der Waals surface area contributed by atoms with Crippen molar-refractivity contribution in [3.05, 3.63) is 40.4 Å². The summed E-state index contributed by atoms with van der Waals surface area (Å²) < 4.78 is 39.2. The first-order valence-electron chi connectivity index (χ1n) is 6.40. The van der Waals surface area contributed by atoms with Crippen molar-refractivity contribution in [3.8, 4) is 10.6 Å². The lowest BCUT2D eigenvalue weighted by atomic mass is 10.1. The summed E-state index contributed by atoms with van der Waals surface area (Å²) in [5, 5.41) is 0.233. The van der Waals surface area contributed by atoms with Crippen molar-refractivity contribution in [2.24, 2.45) is 0 Å². The Morgan fingerprint density at radius 3 is 2.33 bits per heavy atom. The SMILES string of the molecule is CC(=O)c1sc(-c2ccccc2C(F)(F)F)nc1C(C)C. The van der Waals surface area contributed by atoms with Crippen LogP contribution in [0.2, 0.25) is 0 Å². The van der Waals surface area contributed by atoms with Gasteiger partial charge in [-0.3, -0.25) is 4.79 Å². The number of Topliss-reactive ketones (excluding diaryl/α,β-unsaturated/α-hetero) is 1. The summed E-state index contributed by atoms with van der Waals surface area (Å²) in [6, 6.07) is 5.29. The third-order valence-electron chi connectivity index (χ3n) is 2.98. The molecule has 0 saturated heterocycles. The number of ketones is 1. The van der Waals surface area contributed by atoms with Crippen LogP contribution >= 0.6 is 11.3 Å². The first kappa shape index (κ1) is 15.7. The molecule has 1 aromatic carbocycles. The molecule has 0 aliphatic carbocycles. The monoisotopic (exact) mass is 313 g/mol. The molecule has 0 saturated carbocycles. The fourth-order valence-corrected chi connectivity index (χ4v) is 3.16. The van der Waals surface area contributed by atoms with E-state index in [0.29, 0.717) is 10.6 Å². The third kappa shape index (κ3) is 3.15. The van der Waals surface area contributed by atoms with Crippen molar-refractivity contribution < 1.29 is 18.0 Å². The molecule has 0 aliphatic heterocycles. The molecule has 21 heavy (non-hydrogen) atoms. The number of alkyl halides is 3. The van der Waals surface area contributed by atoms with Gasteiger partial charge in [0.05, 0.1) is 16.1 Å². The maximum Gasteiger partial charge on any atom is 0.417 e. The summed E-state index contributed by atoms with van der Waals surface area (Å²) in [6.07, 6.45) is -4.45. The van der Waals surface area contributed by atoms with E-state index < -0.39 is 11.7 Å². The molecule has 0 spiro atoms. The summed E-state index contributed by atoms with van der Waals surface area (Å²) in [6.45, 7) is 5.13. The van der Waals surface area contributed by atoms with Gasteiger partial charge in [-0.05, 0) is 12.0 Å². The molecule has 112 valence electrons. The van der Waals surface area contributed by atoms with Crippen LogP contribution in [-0.4, -0.2) is 10.8 Å². The fourth-order valence-electron chi connectivity index (χ4n) is 2.01. The Morgan fingerprint density at radius 1 is 1.24 bits per heavy atom. The zero-order valence-electron chi connectivity index (χ0n) is 11.8. The van der Waals surface area contributed by atoms with Crippen molar-refractivity contribution >= 4 is 17.1 Å². The highest BCUT2D eigenvalue weighted by Crippen LogP contribution is 2.40. The fraction of sp³-hybridized carbons (Fsp3) is 0.333. The lowest BCUT2D eigenvalue weighted by Gasteiger charge is -2.10. The number of aromatic nitrogens is 1. The molecule has 1 aromatic heterocycles. The van der Waals surface area contributed by atoms with E-state index in [4.69, 9.17) is 0 Å². The van der Waals surface area contributed by atoms with E-state index in [1.165, 1.54) is 25.1 Å². The van der Waals surface area contributed by atoms with Gasteiger partial charge in [0, 0.05) is 12.5 Å². The number of halogens is 3. The van der Waals surface area contributed by atoms with Crippen LogP contribution in [0.4, 0.5) is 13.2 Å². The predicted octanol–water partition coefficient (Wildman–Crippen LogP) is 5.15. The molecule has 0 atom stereocenters. The minimum atomic E-state index is -4.45. The van der Waals surface area contributed by atoms with E-state index in [0.717, 1.165) is 17.4 Å². The molecule has 1 heterocycles. The molecule has 6 heteroatoms. The Hall–Kier alpha value is -1.69. The van der Waals surface area contributed by atoms with E-state index in [1.807, 2.05) is 13.8 Å². The number of hydrogen-bond acceptors (Lipinski definition) is 3. The highest BCUT2D eigenvalue weighted by Gasteiger charge is 2.34. The van der Waals surface area contributed by atoms with Crippen molar-refractivity contribution in [2.45, 2.75) is 32.9 Å². The van der Waals surface area contributed by atoms with Crippen molar-refractivity contribution in [1.29, 1.82) is 0 Å². The Balaban J connectivity index is 2.64. The van der Waals surface area contributed by atoms with Gasteiger partial charge in [-0.25, -0.2) is 4.98 Å². The quantitative estimate of drug-likeness (QED) is 0.733. The number of rotatable bonds is 3. The molecule has 0 aliphatic rings. The van der Waals surface area contributed by atoms with Crippen LogP contribution in [0.3, 0.4) is 0 Å². The zero-order valence-corrected chi connectivity index (χ0v) is 12.6. The number of carbonyl (C=O) groups is 1. The minimum absolute atomic E-state index is 0.0180. The van der Waals surface area contributed by atoms with Crippen LogP contribution in [0.5, 0.6) is 0 Å². The molecule has 0 amide bonds. The molecule has 0 radical (unpaired) electrons. The van der Waals surface area contributed by atoms with Crippen LogP contribution < -0.4 is 0 Å². The zero-order chi connectivity index (χ0) is 15.8. The van der Waals surface area contributed by atoms with Gasteiger partial charge in [0.15, 0.2) is 5.78 Å². The maximum absolute atomic E-state index is 13.1. The highest BCUT2D eigenvalue weighted by molar-refractivity contribution is 7.17. The summed E-state index contributed by atoms with van der Waals surface area (Å²) >= 11 is 1.02. The van der Waals surface area contributed by atoms with Crippen molar-refractivity contribution in [1.82, 2.24) is 4.98 Å². The second kappa shape index (κ2) is 5.60. The van der Waals surface area contributed by atoms with Crippen LogP contribution in [-0.2, 0) is 6.18 Å². The number of thiazole rings is 1. The largest absolute Gasteiger partial charge is 0.417 e. The molecule has 2 aromatic rings. The molecular weight excluding hydrogens is 299 g/mol. The van der Waals surface area contributed by atoms with Crippen LogP contribution in [0, 0.1) is 0 Å². The molecule has 2 rings (SSSR count). The lowest BCUT2D eigenvalue weighted by Crippen LogP contribution is -2.06. The predicted molar refractivity (Wildman–Crippen MR) is 76.6 cm³/mol. The van der Waals surface area contributed by atoms with Gasteiger partial charge in [-0.1, -0.05) is 32.0 Å². The Morgan fingerprint density at radius 2 is 1.86 bits per heavy atom. The Labute approximate surface area is 124 Å². The van der Waals surface area contributed by atoms with E-state index >= 15 is 0 Å². The maximum atomic E-state index is 13.1. The van der Waals surface area contributed by atoms with E-state index in [1.54, 1.807) is 0 Å². The number of nitrogens with zero attached hydrogens (tertiary/aromatic N) is 1. The minimum Gasteiger partial charge on any atom is -0.294 e. The second-order valence-corrected chi connectivity index (χ2v) is 5.99. The standard InChI is InChI=1S/C15H14F3NOS/c1-8(2)12-13(9(3)20)21-14(19-12)10-6-4-5-7-11(10)15(16,17)18/h4-8H,1-3H3. The topological polar surface area (TPSA) is 30.0 Å². The molecule has 0 unspecified atom stereocenters. The van der Waals surface area contributed by atoms with Crippen LogP contribution in [0.1, 0.15) is 47.6 Å². The second-order valence-electron chi connectivity index (χ2n) is 4.99. The normalized spacial score (nSPS) is 12.0. The van der Waals surface area contributed by atoms with Gasteiger partial charge in [-0.2, -0.15) is 13.2 Å². The number of carbonyl (C=O) groups excluding carboxylic acids is 1. The Bertz CT molecular complexity index is 674. The third-order valence-corrected chi connectivity index (χ3v) is 4.19. The Kier molecular flexibility index (Phi) is 4.18. The average molecular weight is 313 g/mol. The van der Waals surface area contributed by atoms with Gasteiger partial charge >= 0.3 is 6.18 Å². The van der Waals surface area contributed by atoms with E-state index in [9.17, 15) is 18.0 Å². The number of benzene rings is 1. The van der Waals surface area contributed by atoms with Crippen LogP contribution in [0.15, 0.2) is 24.3 Å². The smallest absolute Gasteiger partial charge is 0.294 e. The van der Waals surface area contributed by atoms with Gasteiger partial charge in [0.25, 0.3) is 0 Å². The van der Waals surface area contributed by atoms with Crippen LogP contribution in [0.25, 0.3) is 10.6 Å². The lowest BCUT2D eigenvalue weighted by molar-refractivity contribution is -0.137. The summed E-state index contributed by atoms with van der Waals surface area (Å²) in [7, 11) is 0.